The number of hydrazine groups is 1. The van der Waals surface area contributed by atoms with Crippen LogP contribution in [0.25, 0.3) is 0 Å². The molecular weight excluding hydrogens is 240 g/mol. The maximum atomic E-state index is 5.61. The molecule has 0 bridgehead atoms. The molecule has 0 fully saturated rings. The molecule has 5 nitrogen and oxygen atoms in total. The second-order valence-corrected chi connectivity index (χ2v) is 4.41. The molecule has 2 rings (SSSR count). The van der Waals surface area contributed by atoms with Crippen LogP contribution < -0.4 is 16.0 Å². The van der Waals surface area contributed by atoms with E-state index in [-0.39, 0.29) is 6.04 Å². The van der Waals surface area contributed by atoms with Crippen LogP contribution in [0.2, 0.25) is 0 Å². The lowest BCUT2D eigenvalue weighted by atomic mass is 10.0. The number of hydrogen-bond acceptors (Lipinski definition) is 5. The van der Waals surface area contributed by atoms with E-state index in [1.54, 1.807) is 13.2 Å². The Balaban J connectivity index is 2.15. The molecule has 0 aliphatic heterocycles. The summed E-state index contributed by atoms with van der Waals surface area (Å²) >= 11 is 0. The Morgan fingerprint density at radius 1 is 1.26 bits per heavy atom. The molecule has 1 heterocycles. The third kappa shape index (κ3) is 3.49. The second-order valence-electron chi connectivity index (χ2n) is 4.41. The van der Waals surface area contributed by atoms with Gasteiger partial charge in [-0.15, -0.1) is 5.10 Å². The first-order valence-corrected chi connectivity index (χ1v) is 6.12. The molecule has 1 aromatic carbocycles. The molecular formula is C14H18N4O. The van der Waals surface area contributed by atoms with Crippen molar-refractivity contribution in [2.24, 2.45) is 5.84 Å². The summed E-state index contributed by atoms with van der Waals surface area (Å²) in [6.07, 6.45) is 0.763. The number of ether oxygens (including phenoxy) is 1. The molecule has 5 heteroatoms. The Bertz CT molecular complexity index is 527. The molecule has 100 valence electrons. The number of benzene rings is 1. The van der Waals surface area contributed by atoms with Crippen molar-refractivity contribution >= 4 is 0 Å². The van der Waals surface area contributed by atoms with Gasteiger partial charge < -0.3 is 4.74 Å². The predicted molar refractivity (Wildman–Crippen MR) is 73.5 cm³/mol. The van der Waals surface area contributed by atoms with Gasteiger partial charge in [-0.25, -0.2) is 0 Å². The molecule has 19 heavy (non-hydrogen) atoms. The molecule has 0 saturated carbocycles. The monoisotopic (exact) mass is 258 g/mol. The number of rotatable bonds is 5. The Morgan fingerprint density at radius 2 is 2.11 bits per heavy atom. The van der Waals surface area contributed by atoms with Crippen LogP contribution in [-0.2, 0) is 6.42 Å². The van der Waals surface area contributed by atoms with Gasteiger partial charge in [0.25, 0.3) is 0 Å². The lowest BCUT2D eigenvalue weighted by Crippen LogP contribution is -2.30. The molecule has 3 N–H and O–H groups in total. The third-order valence-corrected chi connectivity index (χ3v) is 2.95. The van der Waals surface area contributed by atoms with Gasteiger partial charge in [-0.05, 0) is 25.0 Å². The summed E-state index contributed by atoms with van der Waals surface area (Å²) in [5.74, 6) is 6.11. The number of hydrogen-bond donors (Lipinski definition) is 2. The normalized spacial score (nSPS) is 12.2. The topological polar surface area (TPSA) is 73.1 Å². The summed E-state index contributed by atoms with van der Waals surface area (Å²) in [6, 6.07) is 11.9. The smallest absolute Gasteiger partial charge is 0.233 e. The summed E-state index contributed by atoms with van der Waals surface area (Å²) in [5, 5.41) is 8.08. The van der Waals surface area contributed by atoms with Crippen molar-refractivity contribution in [2.75, 3.05) is 7.11 Å². The average Bonchev–Trinajstić information content (AvgIpc) is 2.45. The van der Waals surface area contributed by atoms with Crippen LogP contribution in [0.3, 0.4) is 0 Å². The highest BCUT2D eigenvalue weighted by Crippen LogP contribution is 2.17. The lowest BCUT2D eigenvalue weighted by molar-refractivity contribution is 0.389. The molecule has 1 atom stereocenters. The van der Waals surface area contributed by atoms with E-state index in [1.165, 1.54) is 11.1 Å². The zero-order valence-corrected chi connectivity index (χ0v) is 11.1. The molecule has 1 aromatic heterocycles. The van der Waals surface area contributed by atoms with Gasteiger partial charge in [0.05, 0.1) is 18.8 Å². The minimum Gasteiger partial charge on any atom is -0.480 e. The summed E-state index contributed by atoms with van der Waals surface area (Å²) < 4.78 is 4.99. The van der Waals surface area contributed by atoms with Crippen LogP contribution in [0.5, 0.6) is 5.88 Å². The minimum absolute atomic E-state index is 0.0693. The molecule has 2 aromatic rings. The Morgan fingerprint density at radius 3 is 2.68 bits per heavy atom. The maximum absolute atomic E-state index is 5.61. The van der Waals surface area contributed by atoms with Crippen molar-refractivity contribution < 1.29 is 4.74 Å². The van der Waals surface area contributed by atoms with Gasteiger partial charge in [0.1, 0.15) is 0 Å². The van der Waals surface area contributed by atoms with Gasteiger partial charge in [-0.1, -0.05) is 29.8 Å². The van der Waals surface area contributed by atoms with E-state index in [1.807, 2.05) is 12.1 Å². The van der Waals surface area contributed by atoms with Crippen LogP contribution in [0.1, 0.15) is 22.9 Å². The van der Waals surface area contributed by atoms with Crippen molar-refractivity contribution in [3.05, 3.63) is 53.2 Å². The van der Waals surface area contributed by atoms with E-state index in [4.69, 9.17) is 10.6 Å². The molecule has 0 amide bonds. The highest BCUT2D eigenvalue weighted by Gasteiger charge is 2.13. The number of methoxy groups -OCH3 is 1. The molecule has 0 saturated heterocycles. The van der Waals surface area contributed by atoms with Crippen molar-refractivity contribution in [1.82, 2.24) is 15.6 Å². The number of nitrogens with two attached hydrogens (primary N) is 1. The number of aromatic nitrogens is 2. The summed E-state index contributed by atoms with van der Waals surface area (Å²) in [6.45, 7) is 2.07. The first-order valence-electron chi connectivity index (χ1n) is 6.12. The summed E-state index contributed by atoms with van der Waals surface area (Å²) in [5.41, 5.74) is 6.02. The van der Waals surface area contributed by atoms with Gasteiger partial charge in [-0.2, -0.15) is 5.10 Å². The van der Waals surface area contributed by atoms with E-state index < -0.39 is 0 Å². The van der Waals surface area contributed by atoms with E-state index in [9.17, 15) is 0 Å². The first kappa shape index (κ1) is 13.5. The fourth-order valence-corrected chi connectivity index (χ4v) is 1.95. The fraction of sp³-hybridized carbons (Fsp3) is 0.286. The standard InChI is InChI=1S/C14H18N4O/c1-10-4-3-5-11(8-10)9-13(16-15)12-6-7-14(19-2)18-17-12/h3-8,13,16H,9,15H2,1-2H3. The van der Waals surface area contributed by atoms with Crippen LogP contribution in [0.4, 0.5) is 0 Å². The zero-order chi connectivity index (χ0) is 13.7. The molecule has 0 aliphatic rings. The van der Waals surface area contributed by atoms with Gasteiger partial charge in [0.15, 0.2) is 0 Å². The van der Waals surface area contributed by atoms with E-state index in [2.05, 4.69) is 40.7 Å². The average molecular weight is 258 g/mol. The second kappa shape index (κ2) is 6.26. The summed E-state index contributed by atoms with van der Waals surface area (Å²) in [7, 11) is 1.56. The highest BCUT2D eigenvalue weighted by atomic mass is 16.5. The Kier molecular flexibility index (Phi) is 4.43. The quantitative estimate of drug-likeness (QED) is 0.628. The van der Waals surface area contributed by atoms with E-state index >= 15 is 0 Å². The van der Waals surface area contributed by atoms with Gasteiger partial charge in [0.2, 0.25) is 5.88 Å². The Labute approximate surface area is 112 Å². The highest BCUT2D eigenvalue weighted by molar-refractivity contribution is 5.24. The third-order valence-electron chi connectivity index (χ3n) is 2.95. The number of nitrogens with zero attached hydrogens (tertiary/aromatic N) is 2. The minimum atomic E-state index is -0.0693. The van der Waals surface area contributed by atoms with Crippen LogP contribution in [0.15, 0.2) is 36.4 Å². The molecule has 0 aliphatic carbocycles. The number of aryl methyl sites for hydroxylation is 1. The maximum Gasteiger partial charge on any atom is 0.233 e. The van der Waals surface area contributed by atoms with Gasteiger partial charge in [0, 0.05) is 6.07 Å². The van der Waals surface area contributed by atoms with Gasteiger partial charge in [-0.3, -0.25) is 11.3 Å². The largest absolute Gasteiger partial charge is 0.480 e. The number of nitrogens with one attached hydrogen (secondary N) is 1. The van der Waals surface area contributed by atoms with Crippen molar-refractivity contribution in [2.45, 2.75) is 19.4 Å². The zero-order valence-electron chi connectivity index (χ0n) is 11.1. The summed E-state index contributed by atoms with van der Waals surface area (Å²) in [4.78, 5) is 0. The molecule has 1 unspecified atom stereocenters. The first-order chi connectivity index (χ1) is 9.22. The molecule has 0 spiro atoms. The molecule has 0 radical (unpaired) electrons. The van der Waals surface area contributed by atoms with Crippen LogP contribution in [-0.4, -0.2) is 17.3 Å². The lowest BCUT2D eigenvalue weighted by Gasteiger charge is -2.15. The van der Waals surface area contributed by atoms with Gasteiger partial charge >= 0.3 is 0 Å². The SMILES string of the molecule is COc1ccc(C(Cc2cccc(C)c2)NN)nn1. The van der Waals surface area contributed by atoms with E-state index in [0.29, 0.717) is 5.88 Å². The van der Waals surface area contributed by atoms with Crippen molar-refractivity contribution in [1.29, 1.82) is 0 Å². The van der Waals surface area contributed by atoms with Crippen LogP contribution in [0, 0.1) is 6.92 Å². The fourth-order valence-electron chi connectivity index (χ4n) is 1.95. The predicted octanol–water partition coefficient (Wildman–Crippen LogP) is 1.54. The van der Waals surface area contributed by atoms with Crippen molar-refractivity contribution in [3.8, 4) is 5.88 Å². The Hall–Kier alpha value is -1.98. The van der Waals surface area contributed by atoms with E-state index in [0.717, 1.165) is 12.1 Å². The van der Waals surface area contributed by atoms with Crippen molar-refractivity contribution in [3.63, 3.8) is 0 Å². The van der Waals surface area contributed by atoms with Crippen LogP contribution >= 0.6 is 0 Å².